The molecular formula is C10H13NO3S. The number of benzene rings is 1. The fourth-order valence-electron chi connectivity index (χ4n) is 1.41. The summed E-state index contributed by atoms with van der Waals surface area (Å²) >= 11 is 4.08. The van der Waals surface area contributed by atoms with Gasteiger partial charge in [-0.3, -0.25) is 10.1 Å². The van der Waals surface area contributed by atoms with Crippen LogP contribution in [0, 0.1) is 10.1 Å². The van der Waals surface area contributed by atoms with Gasteiger partial charge < -0.3 is 4.74 Å². The summed E-state index contributed by atoms with van der Waals surface area (Å²) in [4.78, 5) is 10.5. The molecule has 4 nitrogen and oxygen atoms in total. The first-order valence-electron chi connectivity index (χ1n) is 4.61. The Kier molecular flexibility index (Phi) is 4.42. The molecule has 0 bridgehead atoms. The zero-order valence-electron chi connectivity index (χ0n) is 8.47. The maximum absolute atomic E-state index is 10.9. The van der Waals surface area contributed by atoms with Gasteiger partial charge in [0.05, 0.1) is 12.0 Å². The van der Waals surface area contributed by atoms with Crippen molar-refractivity contribution < 1.29 is 9.66 Å². The molecule has 1 rings (SSSR count). The van der Waals surface area contributed by atoms with Gasteiger partial charge in [0.2, 0.25) is 0 Å². The quantitative estimate of drug-likeness (QED) is 0.477. The third-order valence-electron chi connectivity index (χ3n) is 2.09. The Hall–Kier alpha value is -1.23. The molecule has 0 saturated heterocycles. The summed E-state index contributed by atoms with van der Waals surface area (Å²) in [5.41, 5.74) is 0.773. The largest absolute Gasteiger partial charge is 0.490 e. The minimum absolute atomic E-state index is 0.0711. The monoisotopic (exact) mass is 227 g/mol. The molecule has 0 aliphatic heterocycles. The van der Waals surface area contributed by atoms with E-state index in [1.54, 1.807) is 18.2 Å². The van der Waals surface area contributed by atoms with Crippen LogP contribution < -0.4 is 4.74 Å². The van der Waals surface area contributed by atoms with Crippen molar-refractivity contribution in [2.24, 2.45) is 0 Å². The normalized spacial score (nSPS) is 10.0. The van der Waals surface area contributed by atoms with Crippen LogP contribution in [0.1, 0.15) is 12.0 Å². The Bertz CT molecular complexity index is 355. The molecule has 0 aliphatic rings. The van der Waals surface area contributed by atoms with E-state index in [2.05, 4.69) is 12.6 Å². The Balaban J connectivity index is 3.07. The zero-order chi connectivity index (χ0) is 11.3. The number of nitrogens with zero attached hydrogens (tertiary/aromatic N) is 1. The van der Waals surface area contributed by atoms with E-state index in [0.717, 1.165) is 6.42 Å². The van der Waals surface area contributed by atoms with Crippen molar-refractivity contribution in [3.05, 3.63) is 33.9 Å². The molecule has 0 unspecified atom stereocenters. The van der Waals surface area contributed by atoms with Crippen molar-refractivity contribution in [3.8, 4) is 5.75 Å². The van der Waals surface area contributed by atoms with E-state index in [1.807, 2.05) is 0 Å². The number of hydrogen-bond donors (Lipinski definition) is 1. The highest BCUT2D eigenvalue weighted by Crippen LogP contribution is 2.31. The highest BCUT2D eigenvalue weighted by molar-refractivity contribution is 7.80. The van der Waals surface area contributed by atoms with Gasteiger partial charge in [0.1, 0.15) is 0 Å². The first kappa shape index (κ1) is 11.8. The van der Waals surface area contributed by atoms with E-state index in [1.165, 1.54) is 7.11 Å². The molecule has 0 fully saturated rings. The Morgan fingerprint density at radius 1 is 1.53 bits per heavy atom. The van der Waals surface area contributed by atoms with Crippen LogP contribution in [0.5, 0.6) is 5.75 Å². The molecule has 0 atom stereocenters. The number of hydrogen-bond acceptors (Lipinski definition) is 4. The van der Waals surface area contributed by atoms with Gasteiger partial charge in [0.25, 0.3) is 0 Å². The lowest BCUT2D eigenvalue weighted by Gasteiger charge is -2.05. The van der Waals surface area contributed by atoms with Gasteiger partial charge in [0.15, 0.2) is 5.75 Å². The van der Waals surface area contributed by atoms with Gasteiger partial charge in [-0.25, -0.2) is 0 Å². The van der Waals surface area contributed by atoms with Crippen molar-refractivity contribution >= 4 is 18.3 Å². The van der Waals surface area contributed by atoms with Gasteiger partial charge in [0, 0.05) is 5.56 Å². The van der Waals surface area contributed by atoms with Gasteiger partial charge in [-0.2, -0.15) is 12.6 Å². The number of aryl methyl sites for hydroxylation is 1. The summed E-state index contributed by atoms with van der Waals surface area (Å²) in [6, 6.07) is 5.12. The van der Waals surface area contributed by atoms with Crippen LogP contribution in [0.25, 0.3) is 0 Å². The Labute approximate surface area is 93.8 Å². The lowest BCUT2D eigenvalue weighted by molar-refractivity contribution is -0.386. The molecule has 5 heteroatoms. The average molecular weight is 227 g/mol. The van der Waals surface area contributed by atoms with Gasteiger partial charge in [-0.05, 0) is 24.7 Å². The summed E-state index contributed by atoms with van der Waals surface area (Å²) in [5.74, 6) is 1.03. The highest BCUT2D eigenvalue weighted by Gasteiger charge is 2.19. The molecule has 15 heavy (non-hydrogen) atoms. The number of para-hydroxylation sites is 1. The van der Waals surface area contributed by atoms with Crippen molar-refractivity contribution in [2.75, 3.05) is 12.9 Å². The lowest BCUT2D eigenvalue weighted by atomic mass is 10.1. The number of thiol groups is 1. The van der Waals surface area contributed by atoms with Crippen LogP contribution in [-0.2, 0) is 6.42 Å². The fourth-order valence-corrected chi connectivity index (χ4v) is 1.57. The van der Waals surface area contributed by atoms with E-state index in [-0.39, 0.29) is 5.69 Å². The molecule has 0 aromatic heterocycles. The minimum atomic E-state index is -0.396. The summed E-state index contributed by atoms with van der Waals surface area (Å²) in [5, 5.41) is 10.9. The molecule has 0 heterocycles. The van der Waals surface area contributed by atoms with E-state index in [9.17, 15) is 10.1 Å². The first-order valence-corrected chi connectivity index (χ1v) is 5.25. The van der Waals surface area contributed by atoms with Gasteiger partial charge in [-0.1, -0.05) is 12.1 Å². The third kappa shape index (κ3) is 2.86. The summed E-state index contributed by atoms with van der Waals surface area (Å²) in [6.07, 6.45) is 1.47. The van der Waals surface area contributed by atoms with Crippen LogP contribution in [-0.4, -0.2) is 17.8 Å². The Morgan fingerprint density at radius 3 is 2.80 bits per heavy atom. The molecule has 82 valence electrons. The topological polar surface area (TPSA) is 52.4 Å². The molecular weight excluding hydrogens is 214 g/mol. The first-order chi connectivity index (χ1) is 7.20. The van der Waals surface area contributed by atoms with E-state index in [4.69, 9.17) is 4.74 Å². The van der Waals surface area contributed by atoms with Crippen LogP contribution in [0.3, 0.4) is 0 Å². The molecule has 1 aromatic rings. The highest BCUT2D eigenvalue weighted by atomic mass is 32.1. The Morgan fingerprint density at radius 2 is 2.27 bits per heavy atom. The second kappa shape index (κ2) is 5.60. The predicted octanol–water partition coefficient (Wildman–Crippen LogP) is 2.47. The third-order valence-corrected chi connectivity index (χ3v) is 2.41. The van der Waals surface area contributed by atoms with E-state index in [0.29, 0.717) is 23.5 Å². The van der Waals surface area contributed by atoms with Crippen LogP contribution >= 0.6 is 12.6 Å². The van der Waals surface area contributed by atoms with Crippen LogP contribution in [0.2, 0.25) is 0 Å². The van der Waals surface area contributed by atoms with Gasteiger partial charge >= 0.3 is 5.69 Å². The second-order valence-corrected chi connectivity index (χ2v) is 3.50. The molecule has 0 saturated carbocycles. The molecule has 1 aromatic carbocycles. The molecule has 0 spiro atoms. The lowest BCUT2D eigenvalue weighted by Crippen LogP contribution is -1.99. The van der Waals surface area contributed by atoms with Crippen LogP contribution in [0.4, 0.5) is 5.69 Å². The average Bonchev–Trinajstić information content (AvgIpc) is 2.25. The summed E-state index contributed by atoms with van der Waals surface area (Å²) in [6.45, 7) is 0. The maximum atomic E-state index is 10.9. The van der Waals surface area contributed by atoms with Crippen LogP contribution in [0.15, 0.2) is 18.2 Å². The molecule has 0 amide bonds. The van der Waals surface area contributed by atoms with E-state index >= 15 is 0 Å². The van der Waals surface area contributed by atoms with Crippen molar-refractivity contribution in [3.63, 3.8) is 0 Å². The van der Waals surface area contributed by atoms with Crippen molar-refractivity contribution in [2.45, 2.75) is 12.8 Å². The molecule has 0 aliphatic carbocycles. The SMILES string of the molecule is COc1cccc(CCCS)c1[N+](=O)[O-]. The smallest absolute Gasteiger partial charge is 0.314 e. The van der Waals surface area contributed by atoms with E-state index < -0.39 is 4.92 Å². The molecule has 0 N–H and O–H groups in total. The predicted molar refractivity (Wildman–Crippen MR) is 61.8 cm³/mol. The number of nitro groups is 1. The number of nitro benzene ring substituents is 1. The standard InChI is InChI=1S/C10H13NO3S/c1-14-9-6-2-4-8(5-3-7-15)10(9)11(12)13/h2,4,6,15H,3,5,7H2,1H3. The second-order valence-electron chi connectivity index (χ2n) is 3.05. The summed E-state index contributed by atoms with van der Waals surface area (Å²) in [7, 11) is 1.44. The maximum Gasteiger partial charge on any atom is 0.314 e. The number of rotatable bonds is 5. The molecule has 0 radical (unpaired) electrons. The zero-order valence-corrected chi connectivity index (χ0v) is 9.37. The summed E-state index contributed by atoms with van der Waals surface area (Å²) < 4.78 is 4.97. The number of methoxy groups -OCH3 is 1. The van der Waals surface area contributed by atoms with Crippen molar-refractivity contribution in [1.29, 1.82) is 0 Å². The van der Waals surface area contributed by atoms with Crippen molar-refractivity contribution in [1.82, 2.24) is 0 Å². The van der Waals surface area contributed by atoms with Gasteiger partial charge in [-0.15, -0.1) is 0 Å². The fraction of sp³-hybridized carbons (Fsp3) is 0.400. The minimum Gasteiger partial charge on any atom is -0.490 e. The number of ether oxygens (including phenoxy) is 1.